The van der Waals surface area contributed by atoms with E-state index in [1.165, 1.54) is 23.3 Å². The molecule has 0 saturated carbocycles. The molecule has 1 aliphatic carbocycles. The Balaban J connectivity index is 1.21. The van der Waals surface area contributed by atoms with Crippen LogP contribution in [-0.2, 0) is 28.9 Å². The molecule has 1 amide bonds. The summed E-state index contributed by atoms with van der Waals surface area (Å²) in [5, 5.41) is 12.2. The van der Waals surface area contributed by atoms with Gasteiger partial charge >= 0.3 is 5.97 Å². The number of nitrogens with zero attached hydrogens (tertiary/aromatic N) is 2. The molecule has 0 unspecified atom stereocenters. The predicted molar refractivity (Wildman–Crippen MR) is 132 cm³/mol. The third kappa shape index (κ3) is 5.02. The van der Waals surface area contributed by atoms with Crippen molar-refractivity contribution in [2.75, 3.05) is 32.7 Å². The topological polar surface area (TPSA) is 72.9 Å². The van der Waals surface area contributed by atoms with Crippen molar-refractivity contribution in [1.82, 2.24) is 15.1 Å². The Labute approximate surface area is 210 Å². The summed E-state index contributed by atoms with van der Waals surface area (Å²) in [5.74, 6) is -2.61. The van der Waals surface area contributed by atoms with Gasteiger partial charge in [0, 0.05) is 63.2 Å². The monoisotopic (exact) mass is 497 g/mol. The molecule has 3 aliphatic rings. The maximum Gasteiger partial charge on any atom is 0.303 e. The van der Waals surface area contributed by atoms with Crippen LogP contribution in [0.25, 0.3) is 0 Å². The van der Waals surface area contributed by atoms with Gasteiger partial charge in [0.05, 0.1) is 5.92 Å². The van der Waals surface area contributed by atoms with Gasteiger partial charge in [-0.05, 0) is 54.5 Å². The van der Waals surface area contributed by atoms with Gasteiger partial charge in [-0.1, -0.05) is 24.3 Å². The van der Waals surface area contributed by atoms with Crippen LogP contribution >= 0.6 is 0 Å². The third-order valence-electron chi connectivity index (χ3n) is 8.16. The predicted octanol–water partition coefficient (Wildman–Crippen LogP) is 2.99. The van der Waals surface area contributed by atoms with E-state index in [0.717, 1.165) is 37.6 Å². The number of aliphatic carboxylic acids is 1. The quantitative estimate of drug-likeness (QED) is 0.642. The van der Waals surface area contributed by atoms with Crippen molar-refractivity contribution >= 4 is 11.9 Å². The SMILES string of the molecule is C[C@H]1CN([C@H]2Cc3ccc(CCC(=O)O)cc3C2)CCN1C(=O)[C@@H]1CNC[C@H]1c1ccc(F)cc1F. The fourth-order valence-electron chi connectivity index (χ4n) is 6.24. The summed E-state index contributed by atoms with van der Waals surface area (Å²) >= 11 is 0. The van der Waals surface area contributed by atoms with Crippen molar-refractivity contribution in [2.45, 2.75) is 50.6 Å². The average Bonchev–Trinajstić information content (AvgIpc) is 3.49. The molecule has 36 heavy (non-hydrogen) atoms. The molecule has 6 nitrogen and oxygen atoms in total. The molecule has 2 heterocycles. The molecule has 2 fully saturated rings. The molecule has 2 N–H and O–H groups in total. The van der Waals surface area contributed by atoms with Crippen LogP contribution in [0.4, 0.5) is 8.78 Å². The molecule has 4 atom stereocenters. The van der Waals surface area contributed by atoms with Crippen LogP contribution in [-0.4, -0.2) is 71.6 Å². The van der Waals surface area contributed by atoms with E-state index >= 15 is 0 Å². The smallest absolute Gasteiger partial charge is 0.303 e. The number of rotatable bonds is 6. The van der Waals surface area contributed by atoms with Crippen LogP contribution in [0.1, 0.15) is 41.5 Å². The highest BCUT2D eigenvalue weighted by molar-refractivity contribution is 5.81. The largest absolute Gasteiger partial charge is 0.481 e. The van der Waals surface area contributed by atoms with Crippen molar-refractivity contribution < 1.29 is 23.5 Å². The van der Waals surface area contributed by atoms with Gasteiger partial charge in [-0.3, -0.25) is 14.5 Å². The molecule has 0 spiro atoms. The minimum Gasteiger partial charge on any atom is -0.481 e. The van der Waals surface area contributed by atoms with Crippen LogP contribution in [0.15, 0.2) is 36.4 Å². The van der Waals surface area contributed by atoms with E-state index in [2.05, 4.69) is 29.3 Å². The number of carboxylic acid groups (broad SMARTS) is 1. The number of piperazine rings is 1. The number of carbonyl (C=O) groups excluding carboxylic acids is 1. The Bertz CT molecular complexity index is 1160. The normalized spacial score (nSPS) is 26.2. The van der Waals surface area contributed by atoms with E-state index < -0.39 is 17.6 Å². The van der Waals surface area contributed by atoms with E-state index in [9.17, 15) is 18.4 Å². The van der Waals surface area contributed by atoms with Gasteiger partial charge in [-0.2, -0.15) is 0 Å². The standard InChI is InChI=1S/C28H33F2N3O3/c1-17-16-32(22-11-19-4-2-18(3-7-27(34)35)10-20(19)12-22)8-9-33(17)28(36)25-15-31-14-24(25)23-6-5-21(29)13-26(23)30/h2,4-6,10,13,17,22,24-25,31H,3,7-9,11-12,14-16H2,1H3,(H,34,35)/t17-,22-,24-,25+/m0/s1. The van der Waals surface area contributed by atoms with Crippen molar-refractivity contribution in [3.63, 3.8) is 0 Å². The van der Waals surface area contributed by atoms with Gasteiger partial charge < -0.3 is 15.3 Å². The Morgan fingerprint density at radius 3 is 2.61 bits per heavy atom. The summed E-state index contributed by atoms with van der Waals surface area (Å²) in [5.41, 5.74) is 4.09. The van der Waals surface area contributed by atoms with Gasteiger partial charge in [-0.15, -0.1) is 0 Å². The number of amides is 1. The number of carbonyl (C=O) groups is 2. The van der Waals surface area contributed by atoms with Crippen LogP contribution in [0.5, 0.6) is 0 Å². The van der Waals surface area contributed by atoms with Crippen LogP contribution in [0.2, 0.25) is 0 Å². The molecule has 5 rings (SSSR count). The number of hydrogen-bond donors (Lipinski definition) is 2. The first-order valence-electron chi connectivity index (χ1n) is 12.8. The van der Waals surface area contributed by atoms with Crippen LogP contribution in [0.3, 0.4) is 0 Å². The van der Waals surface area contributed by atoms with Crippen LogP contribution in [0, 0.1) is 17.6 Å². The Morgan fingerprint density at radius 1 is 1.06 bits per heavy atom. The minimum absolute atomic E-state index is 0.0404. The van der Waals surface area contributed by atoms with E-state index in [1.54, 1.807) is 0 Å². The first-order valence-corrected chi connectivity index (χ1v) is 12.8. The van der Waals surface area contributed by atoms with Gasteiger partial charge in [0.1, 0.15) is 11.6 Å². The Kier molecular flexibility index (Phi) is 7.08. The van der Waals surface area contributed by atoms with E-state index in [4.69, 9.17) is 5.11 Å². The first-order chi connectivity index (χ1) is 17.3. The van der Waals surface area contributed by atoms with E-state index in [0.29, 0.717) is 37.7 Å². The highest BCUT2D eigenvalue weighted by Gasteiger charge is 2.41. The van der Waals surface area contributed by atoms with E-state index in [1.807, 2.05) is 11.0 Å². The fraction of sp³-hybridized carbons (Fsp3) is 0.500. The summed E-state index contributed by atoms with van der Waals surface area (Å²) in [6, 6.07) is 10.4. The molecular formula is C28H33F2N3O3. The average molecular weight is 498 g/mol. The molecule has 2 saturated heterocycles. The lowest BCUT2D eigenvalue weighted by molar-refractivity contribution is -0.140. The second-order valence-corrected chi connectivity index (χ2v) is 10.5. The van der Waals surface area contributed by atoms with Crippen molar-refractivity contribution in [3.8, 4) is 0 Å². The zero-order valence-corrected chi connectivity index (χ0v) is 20.6. The highest BCUT2D eigenvalue weighted by atomic mass is 19.1. The van der Waals surface area contributed by atoms with E-state index in [-0.39, 0.29) is 30.2 Å². The summed E-state index contributed by atoms with van der Waals surface area (Å²) in [6.45, 7) is 5.28. The van der Waals surface area contributed by atoms with Crippen molar-refractivity contribution in [1.29, 1.82) is 0 Å². The molecular weight excluding hydrogens is 464 g/mol. The lowest BCUT2D eigenvalue weighted by atomic mass is 9.87. The first kappa shape index (κ1) is 24.8. The number of nitrogens with one attached hydrogen (secondary N) is 1. The summed E-state index contributed by atoms with van der Waals surface area (Å²) in [4.78, 5) is 28.9. The Morgan fingerprint density at radius 2 is 1.86 bits per heavy atom. The molecule has 2 aromatic carbocycles. The zero-order chi connectivity index (χ0) is 25.4. The maximum absolute atomic E-state index is 14.5. The molecule has 2 aliphatic heterocycles. The number of fused-ring (bicyclic) bond motifs is 1. The third-order valence-corrected chi connectivity index (χ3v) is 8.16. The van der Waals surface area contributed by atoms with Gasteiger partial charge in [0.15, 0.2) is 0 Å². The molecule has 0 radical (unpaired) electrons. The molecule has 0 aromatic heterocycles. The van der Waals surface area contributed by atoms with Gasteiger partial charge in [0.2, 0.25) is 5.91 Å². The number of hydrogen-bond acceptors (Lipinski definition) is 4. The lowest BCUT2D eigenvalue weighted by Gasteiger charge is -2.43. The lowest BCUT2D eigenvalue weighted by Crippen LogP contribution is -2.58. The molecule has 8 heteroatoms. The second kappa shape index (κ2) is 10.3. The molecule has 192 valence electrons. The van der Waals surface area contributed by atoms with Crippen molar-refractivity contribution in [2.24, 2.45) is 5.92 Å². The maximum atomic E-state index is 14.5. The highest BCUT2D eigenvalue weighted by Crippen LogP contribution is 2.33. The molecule has 2 aromatic rings. The number of carboxylic acids is 1. The number of aryl methyl sites for hydroxylation is 1. The van der Waals surface area contributed by atoms with Crippen molar-refractivity contribution in [3.05, 3.63) is 70.3 Å². The second-order valence-electron chi connectivity index (χ2n) is 10.5. The Hall–Kier alpha value is -2.84. The number of benzene rings is 2. The van der Waals surface area contributed by atoms with Gasteiger partial charge in [0.25, 0.3) is 0 Å². The molecule has 0 bridgehead atoms. The summed E-state index contributed by atoms with van der Waals surface area (Å²) < 4.78 is 27.9. The van der Waals surface area contributed by atoms with Gasteiger partial charge in [-0.25, -0.2) is 8.78 Å². The zero-order valence-electron chi connectivity index (χ0n) is 20.6. The van der Waals surface area contributed by atoms with Crippen LogP contribution < -0.4 is 5.32 Å². The summed E-state index contributed by atoms with van der Waals surface area (Å²) in [7, 11) is 0. The fourth-order valence-corrected chi connectivity index (χ4v) is 6.24. The summed E-state index contributed by atoms with van der Waals surface area (Å²) in [6.07, 6.45) is 2.59. The minimum atomic E-state index is -0.780. The number of halogens is 2.